The Hall–Kier alpha value is -1.51. The lowest BCUT2D eigenvalue weighted by Crippen LogP contribution is -2.43. The van der Waals surface area contributed by atoms with Gasteiger partial charge in [-0.05, 0) is 36.4 Å². The minimum Gasteiger partial charge on any atom is -0.296 e. The summed E-state index contributed by atoms with van der Waals surface area (Å²) in [6.07, 6.45) is 2.37. The van der Waals surface area contributed by atoms with Crippen molar-refractivity contribution in [2.75, 3.05) is 13.1 Å². The first-order valence-corrected chi connectivity index (χ1v) is 6.58. The zero-order valence-corrected chi connectivity index (χ0v) is 10.9. The summed E-state index contributed by atoms with van der Waals surface area (Å²) < 4.78 is 0. The van der Waals surface area contributed by atoms with Crippen molar-refractivity contribution in [2.45, 2.75) is 32.4 Å². The Kier molecular flexibility index (Phi) is 4.62. The van der Waals surface area contributed by atoms with Crippen LogP contribution in [0.15, 0.2) is 35.4 Å². The van der Waals surface area contributed by atoms with Gasteiger partial charge in [0.05, 0.1) is 0 Å². The van der Waals surface area contributed by atoms with Crippen molar-refractivity contribution in [3.8, 4) is 0 Å². The monoisotopic (exact) mass is 244 g/mol. The van der Waals surface area contributed by atoms with Crippen molar-refractivity contribution in [1.29, 1.82) is 0 Å². The third-order valence-corrected chi connectivity index (χ3v) is 3.68. The standard InChI is InChI=1S/C14H20N4/c1-12-7-8-18(14(9-12)10-16-17-15)11-13-5-3-2-4-6-13/h2-6,12,14H,7-11H2,1H3. The van der Waals surface area contributed by atoms with Crippen LogP contribution < -0.4 is 0 Å². The zero-order chi connectivity index (χ0) is 12.8. The van der Waals surface area contributed by atoms with Gasteiger partial charge < -0.3 is 0 Å². The van der Waals surface area contributed by atoms with Gasteiger partial charge in [0.15, 0.2) is 0 Å². The number of piperidine rings is 1. The summed E-state index contributed by atoms with van der Waals surface area (Å²) in [5, 5.41) is 3.76. The molecule has 18 heavy (non-hydrogen) atoms. The van der Waals surface area contributed by atoms with Gasteiger partial charge in [-0.1, -0.05) is 42.4 Å². The Balaban J connectivity index is 2.01. The Bertz CT molecular complexity index is 411. The molecule has 2 atom stereocenters. The highest BCUT2D eigenvalue weighted by molar-refractivity contribution is 5.14. The first-order chi connectivity index (χ1) is 8.79. The van der Waals surface area contributed by atoms with E-state index in [2.05, 4.69) is 46.1 Å². The van der Waals surface area contributed by atoms with E-state index in [1.165, 1.54) is 12.0 Å². The maximum atomic E-state index is 8.48. The van der Waals surface area contributed by atoms with Crippen molar-refractivity contribution < 1.29 is 0 Å². The van der Waals surface area contributed by atoms with Crippen molar-refractivity contribution in [3.05, 3.63) is 46.3 Å². The van der Waals surface area contributed by atoms with Crippen LogP contribution in [0.25, 0.3) is 10.4 Å². The molecule has 2 rings (SSSR count). The van der Waals surface area contributed by atoms with Gasteiger partial charge in [0.25, 0.3) is 0 Å². The fourth-order valence-corrected chi connectivity index (χ4v) is 2.65. The second kappa shape index (κ2) is 6.43. The van der Waals surface area contributed by atoms with Crippen LogP contribution >= 0.6 is 0 Å². The SMILES string of the molecule is CC1CCN(Cc2ccccc2)C(CN=[N+]=[N-])C1. The van der Waals surface area contributed by atoms with Gasteiger partial charge in [-0.2, -0.15) is 0 Å². The van der Waals surface area contributed by atoms with E-state index in [0.717, 1.165) is 25.4 Å². The van der Waals surface area contributed by atoms with Crippen LogP contribution in [0, 0.1) is 5.92 Å². The molecule has 1 saturated heterocycles. The molecule has 1 heterocycles. The molecule has 2 unspecified atom stereocenters. The number of hydrogen-bond donors (Lipinski definition) is 0. The summed E-state index contributed by atoms with van der Waals surface area (Å²) in [4.78, 5) is 5.34. The summed E-state index contributed by atoms with van der Waals surface area (Å²) >= 11 is 0. The van der Waals surface area contributed by atoms with Gasteiger partial charge in [-0.15, -0.1) is 0 Å². The van der Waals surface area contributed by atoms with Crippen molar-refractivity contribution >= 4 is 0 Å². The van der Waals surface area contributed by atoms with E-state index in [1.54, 1.807) is 0 Å². The number of nitrogens with zero attached hydrogens (tertiary/aromatic N) is 4. The lowest BCUT2D eigenvalue weighted by molar-refractivity contribution is 0.115. The van der Waals surface area contributed by atoms with E-state index < -0.39 is 0 Å². The molecule has 0 aromatic heterocycles. The molecule has 1 aliphatic rings. The van der Waals surface area contributed by atoms with E-state index in [-0.39, 0.29) is 0 Å². The summed E-state index contributed by atoms with van der Waals surface area (Å²) in [7, 11) is 0. The molecule has 1 fully saturated rings. The minimum absolute atomic E-state index is 0.393. The number of benzene rings is 1. The van der Waals surface area contributed by atoms with E-state index in [4.69, 9.17) is 5.53 Å². The van der Waals surface area contributed by atoms with Gasteiger partial charge in [-0.25, -0.2) is 0 Å². The van der Waals surface area contributed by atoms with Crippen LogP contribution in [-0.2, 0) is 6.54 Å². The highest BCUT2D eigenvalue weighted by atomic mass is 15.2. The summed E-state index contributed by atoms with van der Waals surface area (Å²) in [5.74, 6) is 0.732. The summed E-state index contributed by atoms with van der Waals surface area (Å²) in [5.41, 5.74) is 9.81. The third-order valence-electron chi connectivity index (χ3n) is 3.68. The number of azide groups is 1. The Morgan fingerprint density at radius 3 is 2.89 bits per heavy atom. The van der Waals surface area contributed by atoms with Gasteiger partial charge in [0, 0.05) is 24.0 Å². The van der Waals surface area contributed by atoms with Gasteiger partial charge in [0.2, 0.25) is 0 Å². The van der Waals surface area contributed by atoms with Gasteiger partial charge >= 0.3 is 0 Å². The normalized spacial score (nSPS) is 24.5. The van der Waals surface area contributed by atoms with Crippen LogP contribution in [0.1, 0.15) is 25.3 Å². The topological polar surface area (TPSA) is 52.0 Å². The first kappa shape index (κ1) is 12.9. The molecule has 1 aromatic carbocycles. The van der Waals surface area contributed by atoms with Crippen LogP contribution in [0.2, 0.25) is 0 Å². The maximum Gasteiger partial charge on any atom is 0.0414 e. The Morgan fingerprint density at radius 1 is 1.39 bits per heavy atom. The fraction of sp³-hybridized carbons (Fsp3) is 0.571. The average Bonchev–Trinajstić information content (AvgIpc) is 2.40. The molecule has 0 aliphatic carbocycles. The van der Waals surface area contributed by atoms with Crippen LogP contribution in [0.4, 0.5) is 0 Å². The lowest BCUT2D eigenvalue weighted by Gasteiger charge is -2.38. The van der Waals surface area contributed by atoms with Gasteiger partial charge in [-0.3, -0.25) is 4.90 Å². The predicted molar refractivity (Wildman–Crippen MR) is 73.1 cm³/mol. The molecule has 0 N–H and O–H groups in total. The van der Waals surface area contributed by atoms with E-state index in [0.29, 0.717) is 12.6 Å². The van der Waals surface area contributed by atoms with Crippen molar-refractivity contribution in [3.63, 3.8) is 0 Å². The summed E-state index contributed by atoms with van der Waals surface area (Å²) in [6.45, 7) is 4.93. The number of rotatable bonds is 4. The largest absolute Gasteiger partial charge is 0.296 e. The predicted octanol–water partition coefficient (Wildman–Crippen LogP) is 3.60. The number of hydrogen-bond acceptors (Lipinski definition) is 2. The smallest absolute Gasteiger partial charge is 0.0414 e. The fourth-order valence-electron chi connectivity index (χ4n) is 2.65. The second-order valence-electron chi connectivity index (χ2n) is 5.15. The first-order valence-electron chi connectivity index (χ1n) is 6.58. The van der Waals surface area contributed by atoms with Crippen LogP contribution in [0.3, 0.4) is 0 Å². The van der Waals surface area contributed by atoms with Gasteiger partial charge in [0.1, 0.15) is 0 Å². The molecule has 0 spiro atoms. The Labute approximate surface area is 108 Å². The molecule has 1 aliphatic heterocycles. The molecule has 0 amide bonds. The minimum atomic E-state index is 0.393. The second-order valence-corrected chi connectivity index (χ2v) is 5.15. The maximum absolute atomic E-state index is 8.48. The Morgan fingerprint density at radius 2 is 2.17 bits per heavy atom. The number of likely N-dealkylation sites (tertiary alicyclic amines) is 1. The van der Waals surface area contributed by atoms with Crippen molar-refractivity contribution in [1.82, 2.24) is 4.90 Å². The third kappa shape index (κ3) is 3.49. The molecule has 0 bridgehead atoms. The molecule has 1 aromatic rings. The molecule has 0 saturated carbocycles. The molecule has 4 heteroatoms. The molecule has 96 valence electrons. The van der Waals surface area contributed by atoms with E-state index in [9.17, 15) is 0 Å². The van der Waals surface area contributed by atoms with Crippen LogP contribution in [0.5, 0.6) is 0 Å². The van der Waals surface area contributed by atoms with E-state index in [1.807, 2.05) is 6.07 Å². The average molecular weight is 244 g/mol. The quantitative estimate of drug-likeness (QED) is 0.453. The molecular weight excluding hydrogens is 224 g/mol. The molecular formula is C14H20N4. The van der Waals surface area contributed by atoms with E-state index >= 15 is 0 Å². The highest BCUT2D eigenvalue weighted by Gasteiger charge is 2.25. The zero-order valence-electron chi connectivity index (χ0n) is 10.9. The molecule has 0 radical (unpaired) electrons. The van der Waals surface area contributed by atoms with Crippen molar-refractivity contribution in [2.24, 2.45) is 11.0 Å². The molecule has 4 nitrogen and oxygen atoms in total. The summed E-state index contributed by atoms with van der Waals surface area (Å²) in [6, 6.07) is 10.9. The highest BCUT2D eigenvalue weighted by Crippen LogP contribution is 2.24. The van der Waals surface area contributed by atoms with Crippen LogP contribution in [-0.4, -0.2) is 24.0 Å². The lowest BCUT2D eigenvalue weighted by atomic mass is 9.92.